The maximum absolute atomic E-state index is 10.1. The third-order valence-electron chi connectivity index (χ3n) is 1.27. The number of hydrogen-bond acceptors (Lipinski definition) is 2. The second-order valence-corrected chi connectivity index (χ2v) is 2.41. The molecular formula is C7H7AlO2. The first-order chi connectivity index (χ1) is 4.84. The van der Waals surface area contributed by atoms with Crippen LogP contribution in [0.25, 0.3) is 0 Å². The molecule has 0 spiro atoms. The molecule has 0 unspecified atom stereocenters. The van der Waals surface area contributed by atoms with Gasteiger partial charge in [0, 0.05) is 0 Å². The molecule has 0 aliphatic heterocycles. The molecule has 1 aromatic rings. The fraction of sp³-hybridized carbons (Fsp3) is 0.143. The van der Waals surface area contributed by atoms with Gasteiger partial charge >= 0.3 is 65.6 Å². The first-order valence-corrected chi connectivity index (χ1v) is 3.95. The van der Waals surface area contributed by atoms with Crippen molar-refractivity contribution >= 4 is 15.5 Å². The fourth-order valence-corrected chi connectivity index (χ4v) is 1.11. The monoisotopic (exact) mass is 150 g/mol. The van der Waals surface area contributed by atoms with Crippen molar-refractivity contribution in [3.8, 4) is 5.75 Å². The van der Waals surface area contributed by atoms with E-state index in [1.54, 1.807) is 6.07 Å². The average molecular weight is 150 g/mol. The number of para-hydroxylation sites is 1. The third kappa shape index (κ3) is 1.66. The molecule has 0 radical (unpaired) electrons. The van der Waals surface area contributed by atoms with Crippen LogP contribution in [0.15, 0.2) is 24.3 Å². The van der Waals surface area contributed by atoms with Crippen molar-refractivity contribution in [2.24, 2.45) is 0 Å². The van der Waals surface area contributed by atoms with Gasteiger partial charge in [0.1, 0.15) is 0 Å². The molecule has 0 saturated heterocycles. The van der Waals surface area contributed by atoms with E-state index in [-0.39, 0.29) is 0 Å². The van der Waals surface area contributed by atoms with Gasteiger partial charge in [-0.1, -0.05) is 0 Å². The van der Waals surface area contributed by atoms with E-state index in [4.69, 9.17) is 3.79 Å². The standard InChI is InChI=1S/C7H8O.Al.O/c1-6-4-2-3-5-7(6)8;;/h2-5,8H,1H3;;/q;+1;/p-1. The Morgan fingerprint density at radius 3 is 2.70 bits per heavy atom. The molecule has 0 amide bonds. The predicted octanol–water partition coefficient (Wildman–Crippen LogP) is 1.34. The van der Waals surface area contributed by atoms with Crippen LogP contribution in [0.1, 0.15) is 5.56 Å². The van der Waals surface area contributed by atoms with Crippen LogP contribution in [0.5, 0.6) is 5.75 Å². The van der Waals surface area contributed by atoms with Crippen molar-refractivity contribution in [3.63, 3.8) is 0 Å². The molecule has 1 rings (SSSR count). The Labute approximate surface area is 66.1 Å². The predicted molar refractivity (Wildman–Crippen MR) is 38.2 cm³/mol. The van der Waals surface area contributed by atoms with E-state index in [1.807, 2.05) is 25.1 Å². The Kier molecular flexibility index (Phi) is 2.61. The van der Waals surface area contributed by atoms with Crippen molar-refractivity contribution in [3.05, 3.63) is 29.8 Å². The Morgan fingerprint density at radius 2 is 2.10 bits per heavy atom. The molecule has 0 aliphatic carbocycles. The van der Waals surface area contributed by atoms with E-state index in [1.165, 1.54) is 0 Å². The average Bonchev–Trinajstić information content (AvgIpc) is 1.94. The summed E-state index contributed by atoms with van der Waals surface area (Å²) in [5.41, 5.74) is 1.02. The van der Waals surface area contributed by atoms with Crippen LogP contribution in [0, 0.1) is 6.92 Å². The SMILES string of the molecule is Cc1ccccc1[O][Al]=[O]. The van der Waals surface area contributed by atoms with E-state index in [9.17, 15) is 3.80 Å². The molecule has 0 aromatic heterocycles. The summed E-state index contributed by atoms with van der Waals surface area (Å²) in [5.74, 6) is 0.715. The van der Waals surface area contributed by atoms with Crippen LogP contribution in [-0.2, 0) is 3.80 Å². The molecule has 0 aliphatic rings. The van der Waals surface area contributed by atoms with Crippen molar-refractivity contribution < 1.29 is 7.59 Å². The topological polar surface area (TPSA) is 26.3 Å². The summed E-state index contributed by atoms with van der Waals surface area (Å²) in [4.78, 5) is 0. The summed E-state index contributed by atoms with van der Waals surface area (Å²) in [6.07, 6.45) is 0. The number of aryl methyl sites for hydroxylation is 1. The van der Waals surface area contributed by atoms with Crippen LogP contribution in [0.4, 0.5) is 0 Å². The second-order valence-electron chi connectivity index (χ2n) is 1.98. The molecule has 50 valence electrons. The molecule has 2 nitrogen and oxygen atoms in total. The third-order valence-corrected chi connectivity index (χ3v) is 1.62. The Hall–Kier alpha value is -0.648. The van der Waals surface area contributed by atoms with Crippen LogP contribution in [0.3, 0.4) is 0 Å². The molecule has 0 heterocycles. The minimum atomic E-state index is -1.14. The van der Waals surface area contributed by atoms with Crippen molar-refractivity contribution in [2.75, 3.05) is 0 Å². The summed E-state index contributed by atoms with van der Waals surface area (Å²) in [6, 6.07) is 7.50. The van der Waals surface area contributed by atoms with Gasteiger partial charge in [0.15, 0.2) is 0 Å². The molecule has 0 saturated carbocycles. The Balaban J connectivity index is 2.91. The molecule has 3 heteroatoms. The van der Waals surface area contributed by atoms with Crippen molar-refractivity contribution in [2.45, 2.75) is 6.92 Å². The molecule has 0 bridgehead atoms. The van der Waals surface area contributed by atoms with E-state index in [0.717, 1.165) is 5.56 Å². The van der Waals surface area contributed by atoms with Gasteiger partial charge in [0.05, 0.1) is 0 Å². The maximum atomic E-state index is 10.1. The number of hydrogen-bond donors (Lipinski definition) is 0. The van der Waals surface area contributed by atoms with E-state index < -0.39 is 15.5 Å². The number of benzene rings is 1. The molecule has 0 N–H and O–H groups in total. The molecular weight excluding hydrogens is 143 g/mol. The molecule has 0 atom stereocenters. The zero-order valence-corrected chi connectivity index (χ0v) is 6.86. The summed E-state index contributed by atoms with van der Waals surface area (Å²) in [5, 5.41) is 0. The Morgan fingerprint density at radius 1 is 1.40 bits per heavy atom. The van der Waals surface area contributed by atoms with Gasteiger partial charge in [-0.2, -0.15) is 0 Å². The number of rotatable bonds is 2. The summed E-state index contributed by atoms with van der Waals surface area (Å²) in [6.45, 7) is 1.92. The summed E-state index contributed by atoms with van der Waals surface area (Å²) >= 11 is -1.14. The fourth-order valence-electron chi connectivity index (χ4n) is 0.740. The van der Waals surface area contributed by atoms with Crippen LogP contribution in [0.2, 0.25) is 0 Å². The van der Waals surface area contributed by atoms with Gasteiger partial charge in [-0.05, 0) is 0 Å². The first-order valence-electron chi connectivity index (χ1n) is 3.00. The van der Waals surface area contributed by atoms with Gasteiger partial charge in [0.2, 0.25) is 0 Å². The zero-order valence-electron chi connectivity index (χ0n) is 5.70. The van der Waals surface area contributed by atoms with Gasteiger partial charge < -0.3 is 0 Å². The molecule has 0 fully saturated rings. The summed E-state index contributed by atoms with van der Waals surface area (Å²) in [7, 11) is 0. The molecule has 10 heavy (non-hydrogen) atoms. The van der Waals surface area contributed by atoms with Crippen molar-refractivity contribution in [1.29, 1.82) is 0 Å². The second kappa shape index (κ2) is 3.50. The minimum absolute atomic E-state index is 0.715. The van der Waals surface area contributed by atoms with E-state index in [2.05, 4.69) is 0 Å². The quantitative estimate of drug-likeness (QED) is 0.594. The van der Waals surface area contributed by atoms with Gasteiger partial charge in [-0.15, -0.1) is 0 Å². The summed E-state index contributed by atoms with van der Waals surface area (Å²) < 4.78 is 15.0. The van der Waals surface area contributed by atoms with Gasteiger partial charge in [-0.25, -0.2) is 0 Å². The van der Waals surface area contributed by atoms with E-state index >= 15 is 0 Å². The van der Waals surface area contributed by atoms with Gasteiger partial charge in [-0.3, -0.25) is 0 Å². The van der Waals surface area contributed by atoms with Crippen LogP contribution >= 0.6 is 0 Å². The van der Waals surface area contributed by atoms with Crippen LogP contribution in [-0.4, -0.2) is 15.5 Å². The first kappa shape index (κ1) is 7.46. The van der Waals surface area contributed by atoms with Crippen molar-refractivity contribution in [1.82, 2.24) is 0 Å². The van der Waals surface area contributed by atoms with Crippen LogP contribution < -0.4 is 3.79 Å². The Bertz CT molecular complexity index is 235. The zero-order chi connectivity index (χ0) is 7.40. The van der Waals surface area contributed by atoms with Gasteiger partial charge in [0.25, 0.3) is 0 Å². The molecule has 1 aromatic carbocycles. The normalized spacial score (nSPS) is 8.50. The van der Waals surface area contributed by atoms with E-state index in [0.29, 0.717) is 5.75 Å².